The number of ether oxygens (including phenoxy) is 2. The zero-order valence-corrected chi connectivity index (χ0v) is 13.6. The van der Waals surface area contributed by atoms with E-state index in [0.717, 1.165) is 11.8 Å². The Labute approximate surface area is 136 Å². The summed E-state index contributed by atoms with van der Waals surface area (Å²) in [5.41, 5.74) is 1.06. The Morgan fingerprint density at radius 1 is 1.27 bits per heavy atom. The molecule has 0 saturated carbocycles. The van der Waals surface area contributed by atoms with Crippen molar-refractivity contribution in [1.82, 2.24) is 4.98 Å². The van der Waals surface area contributed by atoms with Gasteiger partial charge in [0.1, 0.15) is 5.52 Å². The van der Waals surface area contributed by atoms with Gasteiger partial charge in [-0.3, -0.25) is 9.59 Å². The van der Waals surface area contributed by atoms with E-state index < -0.39 is 17.2 Å². The quantitative estimate of drug-likeness (QED) is 0.453. The van der Waals surface area contributed by atoms with E-state index in [1.54, 1.807) is 32.0 Å². The standard InChI is InChI=1S/C14H14ClNO5S/c1-3-19-12(17)11(13(18)20-4-2)22-14-16-9-7-8(15)5-6-10(9)21-14/h5-7,11H,3-4H2,1-2H3. The number of carbonyl (C=O) groups is 2. The van der Waals surface area contributed by atoms with Gasteiger partial charge in [0.25, 0.3) is 5.22 Å². The first-order valence-corrected chi connectivity index (χ1v) is 7.87. The Hall–Kier alpha value is -1.73. The Kier molecular flexibility index (Phi) is 5.68. The number of hydrogen-bond donors (Lipinski definition) is 0. The Bertz CT molecular complexity index is 669. The van der Waals surface area contributed by atoms with Gasteiger partial charge in [-0.2, -0.15) is 0 Å². The lowest BCUT2D eigenvalue weighted by Crippen LogP contribution is -2.30. The fraction of sp³-hybridized carbons (Fsp3) is 0.357. The van der Waals surface area contributed by atoms with Gasteiger partial charge in [0.05, 0.1) is 13.2 Å². The lowest BCUT2D eigenvalue weighted by molar-refractivity contribution is -0.152. The van der Waals surface area contributed by atoms with E-state index in [2.05, 4.69) is 4.98 Å². The van der Waals surface area contributed by atoms with Crippen molar-refractivity contribution in [2.75, 3.05) is 13.2 Å². The zero-order chi connectivity index (χ0) is 16.1. The maximum absolute atomic E-state index is 11.9. The fourth-order valence-corrected chi connectivity index (χ4v) is 2.64. The van der Waals surface area contributed by atoms with Crippen LogP contribution in [0.2, 0.25) is 5.02 Å². The lowest BCUT2D eigenvalue weighted by Gasteiger charge is -2.11. The minimum atomic E-state index is -1.18. The Morgan fingerprint density at radius 3 is 2.50 bits per heavy atom. The van der Waals surface area contributed by atoms with Crippen LogP contribution in [0.5, 0.6) is 0 Å². The normalized spacial score (nSPS) is 10.9. The molecule has 1 aromatic carbocycles. The molecule has 0 fully saturated rings. The molecule has 2 rings (SSSR count). The van der Waals surface area contributed by atoms with Crippen LogP contribution in [0.4, 0.5) is 0 Å². The number of thioether (sulfide) groups is 1. The van der Waals surface area contributed by atoms with Crippen molar-refractivity contribution >= 4 is 46.4 Å². The van der Waals surface area contributed by atoms with Gasteiger partial charge < -0.3 is 13.9 Å². The molecule has 118 valence electrons. The van der Waals surface area contributed by atoms with E-state index in [-0.39, 0.29) is 18.4 Å². The second-order valence-electron chi connectivity index (χ2n) is 4.09. The number of carbonyl (C=O) groups excluding carboxylic acids is 2. The largest absolute Gasteiger partial charge is 0.465 e. The first kappa shape index (κ1) is 16.6. The summed E-state index contributed by atoms with van der Waals surface area (Å²) in [4.78, 5) is 28.0. The number of nitrogens with zero attached hydrogens (tertiary/aromatic N) is 1. The molecule has 6 nitrogen and oxygen atoms in total. The molecule has 0 aliphatic rings. The third-order valence-electron chi connectivity index (χ3n) is 2.55. The topological polar surface area (TPSA) is 78.6 Å². The van der Waals surface area contributed by atoms with Crippen molar-refractivity contribution in [3.63, 3.8) is 0 Å². The minimum Gasteiger partial charge on any atom is -0.465 e. The molecule has 2 aromatic rings. The van der Waals surface area contributed by atoms with Crippen LogP contribution in [0.25, 0.3) is 11.1 Å². The van der Waals surface area contributed by atoms with E-state index in [1.807, 2.05) is 0 Å². The highest BCUT2D eigenvalue weighted by molar-refractivity contribution is 8.01. The monoisotopic (exact) mass is 343 g/mol. The smallest absolute Gasteiger partial charge is 0.331 e. The first-order valence-electron chi connectivity index (χ1n) is 6.61. The Morgan fingerprint density at radius 2 is 1.91 bits per heavy atom. The molecule has 0 N–H and O–H groups in total. The van der Waals surface area contributed by atoms with E-state index in [9.17, 15) is 9.59 Å². The number of hydrogen-bond acceptors (Lipinski definition) is 7. The average Bonchev–Trinajstić information content (AvgIpc) is 2.86. The number of rotatable bonds is 6. The molecule has 0 saturated heterocycles. The highest BCUT2D eigenvalue weighted by Crippen LogP contribution is 2.29. The van der Waals surface area contributed by atoms with Crippen LogP contribution < -0.4 is 0 Å². The van der Waals surface area contributed by atoms with Gasteiger partial charge in [0, 0.05) is 5.02 Å². The SMILES string of the molecule is CCOC(=O)C(Sc1nc2cc(Cl)ccc2o1)C(=O)OCC. The average molecular weight is 344 g/mol. The van der Waals surface area contributed by atoms with E-state index in [0.29, 0.717) is 16.1 Å². The fourth-order valence-electron chi connectivity index (χ4n) is 1.66. The van der Waals surface area contributed by atoms with Gasteiger partial charge in [-0.05, 0) is 43.8 Å². The summed E-state index contributed by atoms with van der Waals surface area (Å²) < 4.78 is 15.3. The van der Waals surface area contributed by atoms with Crippen molar-refractivity contribution in [2.45, 2.75) is 24.3 Å². The van der Waals surface area contributed by atoms with Crippen LogP contribution in [0, 0.1) is 0 Å². The zero-order valence-electron chi connectivity index (χ0n) is 12.0. The van der Waals surface area contributed by atoms with Gasteiger partial charge in [0.15, 0.2) is 5.58 Å². The van der Waals surface area contributed by atoms with Crippen molar-refractivity contribution in [1.29, 1.82) is 0 Å². The predicted octanol–water partition coefficient (Wildman–Crippen LogP) is 3.07. The molecule has 0 radical (unpaired) electrons. The highest BCUT2D eigenvalue weighted by atomic mass is 35.5. The molecule has 1 aromatic heterocycles. The molecular formula is C14H14ClNO5S. The van der Waals surface area contributed by atoms with Gasteiger partial charge in [-0.1, -0.05) is 11.6 Å². The third-order valence-corrected chi connectivity index (χ3v) is 3.78. The third kappa shape index (κ3) is 3.92. The van der Waals surface area contributed by atoms with Crippen molar-refractivity contribution in [2.24, 2.45) is 0 Å². The summed E-state index contributed by atoms with van der Waals surface area (Å²) >= 11 is 6.73. The molecular weight excluding hydrogens is 330 g/mol. The molecule has 0 amide bonds. The molecule has 0 bridgehead atoms. The minimum absolute atomic E-state index is 0.165. The second kappa shape index (κ2) is 7.51. The molecule has 22 heavy (non-hydrogen) atoms. The van der Waals surface area contributed by atoms with Crippen LogP contribution in [-0.4, -0.2) is 35.4 Å². The summed E-state index contributed by atoms with van der Waals surface area (Å²) in [6.07, 6.45) is 0. The van der Waals surface area contributed by atoms with Crippen molar-refractivity contribution < 1.29 is 23.5 Å². The molecule has 8 heteroatoms. The highest BCUT2D eigenvalue weighted by Gasteiger charge is 2.32. The maximum atomic E-state index is 11.9. The van der Waals surface area contributed by atoms with Crippen molar-refractivity contribution in [3.8, 4) is 0 Å². The van der Waals surface area contributed by atoms with Crippen LogP contribution in [0.3, 0.4) is 0 Å². The lowest BCUT2D eigenvalue weighted by atomic mass is 10.3. The van der Waals surface area contributed by atoms with Crippen molar-refractivity contribution in [3.05, 3.63) is 23.2 Å². The van der Waals surface area contributed by atoms with E-state index in [4.69, 9.17) is 25.5 Å². The summed E-state index contributed by atoms with van der Waals surface area (Å²) in [6.45, 7) is 3.65. The molecule has 0 aliphatic heterocycles. The molecule has 0 unspecified atom stereocenters. The second-order valence-corrected chi connectivity index (χ2v) is 5.59. The van der Waals surface area contributed by atoms with Crippen LogP contribution >= 0.6 is 23.4 Å². The summed E-state index contributed by atoms with van der Waals surface area (Å²) in [5, 5.41) is -0.489. The summed E-state index contributed by atoms with van der Waals surface area (Å²) in [7, 11) is 0. The predicted molar refractivity (Wildman–Crippen MR) is 81.9 cm³/mol. The van der Waals surface area contributed by atoms with E-state index in [1.165, 1.54) is 0 Å². The van der Waals surface area contributed by atoms with Gasteiger partial charge in [-0.15, -0.1) is 0 Å². The van der Waals surface area contributed by atoms with Crippen LogP contribution in [0.15, 0.2) is 27.8 Å². The number of fused-ring (bicyclic) bond motifs is 1. The van der Waals surface area contributed by atoms with Crippen LogP contribution in [0.1, 0.15) is 13.8 Å². The number of halogens is 1. The molecule has 0 atom stereocenters. The molecule has 0 spiro atoms. The number of esters is 2. The van der Waals surface area contributed by atoms with Gasteiger partial charge in [-0.25, -0.2) is 4.98 Å². The first-order chi connectivity index (χ1) is 10.5. The number of aromatic nitrogens is 1. The molecule has 1 heterocycles. The number of benzene rings is 1. The molecule has 0 aliphatic carbocycles. The van der Waals surface area contributed by atoms with Gasteiger partial charge in [0.2, 0.25) is 5.25 Å². The maximum Gasteiger partial charge on any atom is 0.331 e. The Balaban J connectivity index is 2.23. The van der Waals surface area contributed by atoms with Crippen LogP contribution in [-0.2, 0) is 19.1 Å². The van der Waals surface area contributed by atoms with E-state index >= 15 is 0 Å². The summed E-state index contributed by atoms with van der Waals surface area (Å²) in [6, 6.07) is 4.96. The number of oxazole rings is 1. The van der Waals surface area contributed by atoms with Gasteiger partial charge >= 0.3 is 11.9 Å². The summed E-state index contributed by atoms with van der Waals surface area (Å²) in [5.74, 6) is -1.38.